The number of para-hydroxylation sites is 1. The molecule has 0 aliphatic heterocycles. The number of H-pyrrole nitrogens is 1. The molecule has 3 N–H and O–H groups in total. The van der Waals surface area contributed by atoms with Crippen molar-refractivity contribution in [1.82, 2.24) is 9.71 Å². The molecular formula is C36H32N2O5S. The standard InChI is InChI=1S/C36H32N2O5S/c39-35-29-15-7-9-17-31(29)43-36(40)33(35)32(24-11-2-1-3-12-24)34-28(27-14-6-8-16-30(27)38-34)20-21-37-44(41,42)26-19-18-23-10-4-5-13-25(23)22-26/h1-6,8,10-14,16,18-19,22,32,37-39H,7,9,15,17,20-21H2. The van der Waals surface area contributed by atoms with E-state index in [1.54, 1.807) is 12.1 Å². The minimum Gasteiger partial charge on any atom is -0.507 e. The summed E-state index contributed by atoms with van der Waals surface area (Å²) in [5.41, 5.74) is 3.61. The lowest BCUT2D eigenvalue weighted by atomic mass is 9.84. The molecule has 0 fully saturated rings. The fourth-order valence-corrected chi connectivity index (χ4v) is 7.58. The molecule has 0 spiro atoms. The Morgan fingerprint density at radius 3 is 2.43 bits per heavy atom. The molecule has 2 aromatic heterocycles. The van der Waals surface area contributed by atoms with Crippen molar-refractivity contribution in [2.45, 2.75) is 42.9 Å². The average molecular weight is 605 g/mol. The van der Waals surface area contributed by atoms with Crippen LogP contribution in [0.25, 0.3) is 21.7 Å². The number of aromatic hydroxyl groups is 1. The number of rotatable bonds is 8. The summed E-state index contributed by atoms with van der Waals surface area (Å²) in [6, 6.07) is 30.1. The van der Waals surface area contributed by atoms with Crippen molar-refractivity contribution in [3.63, 3.8) is 0 Å². The fourth-order valence-electron chi connectivity index (χ4n) is 6.51. The first kappa shape index (κ1) is 28.1. The van der Waals surface area contributed by atoms with Crippen LogP contribution in [0, 0.1) is 0 Å². The van der Waals surface area contributed by atoms with E-state index in [0.29, 0.717) is 30.6 Å². The molecule has 1 unspecified atom stereocenters. The van der Waals surface area contributed by atoms with E-state index in [0.717, 1.165) is 51.3 Å². The molecule has 8 heteroatoms. The Labute approximate surface area is 255 Å². The molecule has 4 aromatic carbocycles. The molecule has 0 amide bonds. The smallest absolute Gasteiger partial charge is 0.343 e. The van der Waals surface area contributed by atoms with E-state index in [1.807, 2.05) is 84.9 Å². The topological polar surface area (TPSA) is 112 Å². The summed E-state index contributed by atoms with van der Waals surface area (Å²) < 4.78 is 35.3. The van der Waals surface area contributed by atoms with Crippen LogP contribution in [0.5, 0.6) is 5.75 Å². The summed E-state index contributed by atoms with van der Waals surface area (Å²) in [5.74, 6) is -0.0973. The molecule has 0 radical (unpaired) electrons. The van der Waals surface area contributed by atoms with Crippen molar-refractivity contribution in [2.75, 3.05) is 6.54 Å². The summed E-state index contributed by atoms with van der Waals surface area (Å²) >= 11 is 0. The monoisotopic (exact) mass is 604 g/mol. The second kappa shape index (κ2) is 11.4. The van der Waals surface area contributed by atoms with Gasteiger partial charge in [0.15, 0.2) is 0 Å². The highest BCUT2D eigenvalue weighted by atomic mass is 32.2. The van der Waals surface area contributed by atoms with Gasteiger partial charge in [-0.25, -0.2) is 17.9 Å². The third-order valence-electron chi connectivity index (χ3n) is 8.65. The van der Waals surface area contributed by atoms with E-state index in [9.17, 15) is 18.3 Å². The first-order chi connectivity index (χ1) is 21.4. The predicted molar refractivity (Wildman–Crippen MR) is 172 cm³/mol. The maximum absolute atomic E-state index is 13.6. The van der Waals surface area contributed by atoms with E-state index >= 15 is 0 Å². The van der Waals surface area contributed by atoms with Gasteiger partial charge in [0, 0.05) is 35.1 Å². The summed E-state index contributed by atoms with van der Waals surface area (Å²) in [6.07, 6.45) is 3.46. The number of aryl methyl sites for hydroxylation is 1. The first-order valence-electron chi connectivity index (χ1n) is 14.9. The van der Waals surface area contributed by atoms with Crippen LogP contribution in [0.15, 0.2) is 111 Å². The highest BCUT2D eigenvalue weighted by Gasteiger charge is 2.32. The number of hydrogen-bond donors (Lipinski definition) is 3. The zero-order chi connectivity index (χ0) is 30.3. The summed E-state index contributed by atoms with van der Waals surface area (Å²) in [6.45, 7) is 0.135. The van der Waals surface area contributed by atoms with Crippen LogP contribution in [0.4, 0.5) is 0 Å². The van der Waals surface area contributed by atoms with Crippen molar-refractivity contribution >= 4 is 31.7 Å². The van der Waals surface area contributed by atoms with Gasteiger partial charge in [-0.3, -0.25) is 0 Å². The number of benzene rings is 4. The van der Waals surface area contributed by atoms with E-state index in [-0.39, 0.29) is 22.8 Å². The molecule has 44 heavy (non-hydrogen) atoms. The number of sulfonamides is 1. The molecule has 222 valence electrons. The van der Waals surface area contributed by atoms with Gasteiger partial charge in [-0.15, -0.1) is 0 Å². The highest BCUT2D eigenvalue weighted by Crippen LogP contribution is 2.41. The van der Waals surface area contributed by atoms with Crippen LogP contribution in [0.1, 0.15) is 52.5 Å². The molecule has 0 bridgehead atoms. The molecule has 0 saturated heterocycles. The molecule has 7 nitrogen and oxygen atoms in total. The number of nitrogens with one attached hydrogen (secondary N) is 2. The maximum atomic E-state index is 13.6. The SMILES string of the molecule is O=c1oc2c(c(O)c1C(c1ccccc1)c1[nH]c3ccccc3c1CCNS(=O)(=O)c1ccc3ccccc3c1)CCCC2. The van der Waals surface area contributed by atoms with Gasteiger partial charge in [-0.1, -0.05) is 78.9 Å². The van der Waals surface area contributed by atoms with Gasteiger partial charge in [0.2, 0.25) is 10.0 Å². The van der Waals surface area contributed by atoms with Crippen molar-refractivity contribution in [3.8, 4) is 5.75 Å². The molecular weight excluding hydrogens is 572 g/mol. The fraction of sp³-hybridized carbons (Fsp3) is 0.194. The van der Waals surface area contributed by atoms with Crippen molar-refractivity contribution in [3.05, 3.63) is 141 Å². The minimum atomic E-state index is -3.78. The first-order valence-corrected chi connectivity index (χ1v) is 16.4. The quantitative estimate of drug-likeness (QED) is 0.182. The zero-order valence-corrected chi connectivity index (χ0v) is 24.9. The van der Waals surface area contributed by atoms with E-state index in [2.05, 4.69) is 9.71 Å². The van der Waals surface area contributed by atoms with Gasteiger partial charge < -0.3 is 14.5 Å². The van der Waals surface area contributed by atoms with Gasteiger partial charge in [0.05, 0.1) is 16.4 Å². The van der Waals surface area contributed by atoms with E-state index < -0.39 is 21.6 Å². The van der Waals surface area contributed by atoms with Gasteiger partial charge in [-0.05, 0) is 65.8 Å². The normalized spacial score (nSPS) is 14.1. The number of hydrogen-bond acceptors (Lipinski definition) is 5. The van der Waals surface area contributed by atoms with Gasteiger partial charge in [0.25, 0.3) is 0 Å². The van der Waals surface area contributed by atoms with Gasteiger partial charge in [-0.2, -0.15) is 0 Å². The van der Waals surface area contributed by atoms with Crippen molar-refractivity contribution < 1.29 is 17.9 Å². The molecule has 0 saturated carbocycles. The Balaban J connectivity index is 1.30. The number of aromatic nitrogens is 1. The largest absolute Gasteiger partial charge is 0.507 e. The third kappa shape index (κ3) is 5.10. The molecule has 2 heterocycles. The molecule has 1 atom stereocenters. The lowest BCUT2D eigenvalue weighted by Crippen LogP contribution is -2.26. The van der Waals surface area contributed by atoms with E-state index in [4.69, 9.17) is 4.42 Å². The predicted octanol–water partition coefficient (Wildman–Crippen LogP) is 6.56. The Hall–Kier alpha value is -4.66. The number of aromatic amines is 1. The average Bonchev–Trinajstić information content (AvgIpc) is 3.41. The Morgan fingerprint density at radius 1 is 0.864 bits per heavy atom. The van der Waals surface area contributed by atoms with E-state index in [1.165, 1.54) is 0 Å². The van der Waals surface area contributed by atoms with Gasteiger partial charge >= 0.3 is 5.63 Å². The van der Waals surface area contributed by atoms with Crippen LogP contribution in [-0.2, 0) is 29.3 Å². The highest BCUT2D eigenvalue weighted by molar-refractivity contribution is 7.89. The number of fused-ring (bicyclic) bond motifs is 3. The van der Waals surface area contributed by atoms with Crippen LogP contribution in [0.2, 0.25) is 0 Å². The van der Waals surface area contributed by atoms with Crippen LogP contribution in [0.3, 0.4) is 0 Å². The van der Waals surface area contributed by atoms with Crippen LogP contribution >= 0.6 is 0 Å². The Kier molecular flexibility index (Phi) is 7.32. The molecule has 1 aliphatic rings. The second-order valence-electron chi connectivity index (χ2n) is 11.3. The lowest BCUT2D eigenvalue weighted by Gasteiger charge is -2.23. The molecule has 7 rings (SSSR count). The lowest BCUT2D eigenvalue weighted by molar-refractivity contribution is 0.382. The van der Waals surface area contributed by atoms with Crippen LogP contribution < -0.4 is 10.3 Å². The summed E-state index contributed by atoms with van der Waals surface area (Å²) in [5, 5.41) is 14.3. The summed E-state index contributed by atoms with van der Waals surface area (Å²) in [7, 11) is -3.78. The Bertz CT molecular complexity index is 2170. The van der Waals surface area contributed by atoms with Crippen molar-refractivity contribution in [2.24, 2.45) is 0 Å². The molecule has 1 aliphatic carbocycles. The van der Waals surface area contributed by atoms with Gasteiger partial charge in [0.1, 0.15) is 11.5 Å². The van der Waals surface area contributed by atoms with Crippen LogP contribution in [-0.4, -0.2) is 25.1 Å². The second-order valence-corrected chi connectivity index (χ2v) is 13.1. The Morgan fingerprint density at radius 2 is 1.59 bits per heavy atom. The summed E-state index contributed by atoms with van der Waals surface area (Å²) in [4.78, 5) is 17.3. The molecule has 6 aromatic rings. The zero-order valence-electron chi connectivity index (χ0n) is 24.0. The minimum absolute atomic E-state index is 0.00795. The third-order valence-corrected chi connectivity index (χ3v) is 10.1. The van der Waals surface area contributed by atoms with Crippen molar-refractivity contribution in [1.29, 1.82) is 0 Å². The maximum Gasteiger partial charge on any atom is 0.343 e.